The van der Waals surface area contributed by atoms with E-state index in [1.165, 1.54) is 16.9 Å². The summed E-state index contributed by atoms with van der Waals surface area (Å²) in [6, 6.07) is 19.7. The van der Waals surface area contributed by atoms with E-state index < -0.39 is 42.8 Å². The van der Waals surface area contributed by atoms with Crippen molar-refractivity contribution >= 4 is 29.4 Å². The average Bonchev–Trinajstić information content (AvgIpc) is 3.45. The normalized spacial score (nSPS) is 13.1. The molecule has 13 heteroatoms. The van der Waals surface area contributed by atoms with Crippen LogP contribution in [0.15, 0.2) is 79.0 Å². The first-order valence-electron chi connectivity index (χ1n) is 14.1. The number of ether oxygens (including phenoxy) is 2. The Morgan fingerprint density at radius 3 is 2.42 bits per heavy atom. The van der Waals surface area contributed by atoms with Crippen LogP contribution in [0.1, 0.15) is 36.3 Å². The van der Waals surface area contributed by atoms with E-state index in [9.17, 15) is 24.6 Å². The van der Waals surface area contributed by atoms with Gasteiger partial charge in [0.1, 0.15) is 6.04 Å². The van der Waals surface area contributed by atoms with E-state index in [0.29, 0.717) is 10.8 Å². The van der Waals surface area contributed by atoms with E-state index in [-0.39, 0.29) is 30.3 Å². The van der Waals surface area contributed by atoms with Gasteiger partial charge in [-0.2, -0.15) is 9.78 Å². The number of hydrogen-bond donors (Lipinski definition) is 4. The van der Waals surface area contributed by atoms with Gasteiger partial charge in [0.25, 0.3) is 5.91 Å². The van der Waals surface area contributed by atoms with Crippen LogP contribution in [0.5, 0.6) is 5.88 Å². The second kappa shape index (κ2) is 15.3. The molecule has 0 radical (unpaired) electrons. The van der Waals surface area contributed by atoms with Gasteiger partial charge in [-0.15, -0.1) is 0 Å². The van der Waals surface area contributed by atoms with E-state index in [0.717, 1.165) is 16.7 Å². The van der Waals surface area contributed by atoms with Gasteiger partial charge < -0.3 is 30.7 Å². The van der Waals surface area contributed by atoms with Crippen LogP contribution in [0.2, 0.25) is 5.02 Å². The zero-order valence-electron chi connectivity index (χ0n) is 24.7. The highest BCUT2D eigenvalue weighted by molar-refractivity contribution is 6.30. The fourth-order valence-corrected chi connectivity index (χ4v) is 4.54. The second-order valence-corrected chi connectivity index (χ2v) is 11.1. The average molecular weight is 636 g/mol. The second-order valence-electron chi connectivity index (χ2n) is 10.6. The number of aliphatic hydroxyl groups excluding tert-OH is 1. The summed E-state index contributed by atoms with van der Waals surface area (Å²) in [4.78, 5) is 41.3. The molecule has 3 atom stereocenters. The van der Waals surface area contributed by atoms with Crippen molar-refractivity contribution in [2.24, 2.45) is 11.7 Å². The molecule has 1 amide bonds. The molecule has 45 heavy (non-hydrogen) atoms. The maximum absolute atomic E-state index is 13.4. The molecule has 2 aromatic heterocycles. The maximum Gasteiger partial charge on any atom is 0.332 e. The SMILES string of the molecule is CC(C)C(N)C(=O)OCOc1cc(C(=O)NC(Cc2ccc(-c3cccc(Cl)c3)cc2)CC(O)C(=O)O)nn1-c1ccccn1. The lowest BCUT2D eigenvalue weighted by atomic mass is 9.97. The van der Waals surface area contributed by atoms with Crippen LogP contribution in [0.4, 0.5) is 0 Å². The van der Waals surface area contributed by atoms with E-state index in [1.807, 2.05) is 42.5 Å². The highest BCUT2D eigenvalue weighted by atomic mass is 35.5. The number of carboxylic acid groups (broad SMARTS) is 1. The minimum Gasteiger partial charge on any atom is -0.479 e. The van der Waals surface area contributed by atoms with Crippen molar-refractivity contribution in [2.45, 2.75) is 44.9 Å². The number of nitrogens with zero attached hydrogens (tertiary/aromatic N) is 3. The molecule has 236 valence electrons. The molecule has 5 N–H and O–H groups in total. The van der Waals surface area contributed by atoms with Gasteiger partial charge in [0.05, 0.1) is 0 Å². The number of aliphatic carboxylic acids is 1. The summed E-state index contributed by atoms with van der Waals surface area (Å²) < 4.78 is 12.0. The number of carbonyl (C=O) groups excluding carboxylic acids is 2. The Morgan fingerprint density at radius 2 is 1.78 bits per heavy atom. The van der Waals surface area contributed by atoms with E-state index in [2.05, 4.69) is 15.4 Å². The molecule has 4 rings (SSSR count). The van der Waals surface area contributed by atoms with Crippen molar-refractivity contribution in [1.29, 1.82) is 0 Å². The van der Waals surface area contributed by atoms with Crippen LogP contribution >= 0.6 is 11.6 Å². The number of aliphatic hydroxyl groups is 1. The minimum atomic E-state index is -1.71. The van der Waals surface area contributed by atoms with E-state index in [4.69, 9.17) is 26.8 Å². The van der Waals surface area contributed by atoms with Crippen molar-refractivity contribution in [3.8, 4) is 22.8 Å². The van der Waals surface area contributed by atoms with Crippen LogP contribution in [0.3, 0.4) is 0 Å². The summed E-state index contributed by atoms with van der Waals surface area (Å²) in [5, 5.41) is 27.2. The van der Waals surface area contributed by atoms with Crippen molar-refractivity contribution < 1.29 is 34.1 Å². The lowest BCUT2D eigenvalue weighted by Crippen LogP contribution is -2.40. The third-order valence-electron chi connectivity index (χ3n) is 6.90. The third kappa shape index (κ3) is 9.11. The molecule has 0 bridgehead atoms. The van der Waals surface area contributed by atoms with Gasteiger partial charge in [-0.3, -0.25) is 9.59 Å². The monoisotopic (exact) mass is 635 g/mol. The Morgan fingerprint density at radius 1 is 1.02 bits per heavy atom. The van der Waals surface area contributed by atoms with Crippen molar-refractivity contribution in [3.63, 3.8) is 0 Å². The number of aromatic nitrogens is 3. The first kappa shape index (κ1) is 33.1. The fraction of sp³-hybridized carbons (Fsp3) is 0.281. The van der Waals surface area contributed by atoms with Crippen molar-refractivity contribution in [1.82, 2.24) is 20.1 Å². The highest BCUT2D eigenvalue weighted by Crippen LogP contribution is 2.24. The summed E-state index contributed by atoms with van der Waals surface area (Å²) in [5.74, 6) is -2.45. The van der Waals surface area contributed by atoms with E-state index in [1.54, 1.807) is 38.1 Å². The first-order valence-corrected chi connectivity index (χ1v) is 14.5. The summed E-state index contributed by atoms with van der Waals surface area (Å²) in [6.45, 7) is 3.08. The Balaban J connectivity index is 1.52. The zero-order valence-corrected chi connectivity index (χ0v) is 25.4. The van der Waals surface area contributed by atoms with Gasteiger partial charge in [0.15, 0.2) is 17.6 Å². The van der Waals surface area contributed by atoms with Crippen LogP contribution < -0.4 is 15.8 Å². The Labute approximate surface area is 264 Å². The smallest absolute Gasteiger partial charge is 0.332 e. The molecule has 2 aromatic carbocycles. The molecule has 3 unspecified atom stereocenters. The number of amides is 1. The van der Waals surface area contributed by atoms with Gasteiger partial charge in [0, 0.05) is 29.7 Å². The molecule has 0 aliphatic rings. The Hall–Kier alpha value is -4.78. The van der Waals surface area contributed by atoms with E-state index >= 15 is 0 Å². The van der Waals surface area contributed by atoms with Crippen molar-refractivity contribution in [2.75, 3.05) is 6.79 Å². The quantitative estimate of drug-likeness (QED) is 0.118. The van der Waals surface area contributed by atoms with Crippen LogP contribution in [-0.2, 0) is 20.7 Å². The lowest BCUT2D eigenvalue weighted by Gasteiger charge is -2.20. The fourth-order valence-electron chi connectivity index (χ4n) is 4.35. The number of carbonyl (C=O) groups is 3. The molecule has 0 spiro atoms. The maximum atomic E-state index is 13.4. The molecule has 4 aromatic rings. The molecule has 12 nitrogen and oxygen atoms in total. The molecule has 0 saturated carbocycles. The number of rotatable bonds is 14. The van der Waals surface area contributed by atoms with Gasteiger partial charge in [-0.1, -0.05) is 67.9 Å². The van der Waals surface area contributed by atoms with Gasteiger partial charge in [-0.05, 0) is 53.3 Å². The van der Waals surface area contributed by atoms with Gasteiger partial charge >= 0.3 is 11.9 Å². The molecule has 0 aliphatic heterocycles. The molecule has 0 fully saturated rings. The predicted octanol–water partition coefficient (Wildman–Crippen LogP) is 3.63. The summed E-state index contributed by atoms with van der Waals surface area (Å²) in [7, 11) is 0. The molecule has 0 saturated heterocycles. The minimum absolute atomic E-state index is 0.0588. The molecular formula is C32H34ClN5O7. The largest absolute Gasteiger partial charge is 0.479 e. The number of carboxylic acids is 1. The van der Waals surface area contributed by atoms with Gasteiger partial charge in [-0.25, -0.2) is 9.78 Å². The van der Waals surface area contributed by atoms with Crippen molar-refractivity contribution in [3.05, 3.63) is 95.3 Å². The van der Waals surface area contributed by atoms with Crippen LogP contribution in [0.25, 0.3) is 16.9 Å². The molecular weight excluding hydrogens is 602 g/mol. The number of hydrogen-bond acceptors (Lipinski definition) is 9. The van der Waals surface area contributed by atoms with Gasteiger partial charge in [0.2, 0.25) is 12.7 Å². The third-order valence-corrected chi connectivity index (χ3v) is 7.13. The molecule has 2 heterocycles. The summed E-state index contributed by atoms with van der Waals surface area (Å²) in [5.41, 5.74) is 8.41. The molecule has 0 aliphatic carbocycles. The Kier molecular flexibility index (Phi) is 11.3. The number of halogens is 1. The zero-order chi connectivity index (χ0) is 32.5. The Bertz CT molecular complexity index is 1610. The number of benzene rings is 2. The summed E-state index contributed by atoms with van der Waals surface area (Å²) in [6.07, 6.45) is -0.211. The highest BCUT2D eigenvalue weighted by Gasteiger charge is 2.25. The number of nitrogens with two attached hydrogens (primary N) is 1. The number of esters is 1. The van der Waals surface area contributed by atoms with Crippen LogP contribution in [0, 0.1) is 5.92 Å². The van der Waals surface area contributed by atoms with Crippen LogP contribution in [-0.4, -0.2) is 67.8 Å². The number of pyridine rings is 1. The topological polar surface area (TPSA) is 179 Å². The summed E-state index contributed by atoms with van der Waals surface area (Å²) >= 11 is 6.12. The standard InChI is InChI=1S/C32H34ClN5O7/c1-19(2)29(34)32(43)45-18-44-28-17-25(37-38(28)27-8-3-4-13-35-27)30(40)36-24(16-26(39)31(41)42)14-20-9-11-21(12-10-20)22-6-5-7-23(33)15-22/h3-13,15,17,19,24,26,29,39H,14,16,18,34H2,1-2H3,(H,36,40)(H,41,42). The first-order chi connectivity index (χ1) is 21.5. The predicted molar refractivity (Wildman–Crippen MR) is 166 cm³/mol. The lowest BCUT2D eigenvalue weighted by molar-refractivity contribution is -0.153. The number of nitrogens with one attached hydrogen (secondary N) is 1.